The summed E-state index contributed by atoms with van der Waals surface area (Å²) in [6.45, 7) is 3.18. The Morgan fingerprint density at radius 3 is 2.69 bits per heavy atom. The second kappa shape index (κ2) is 6.67. The molecule has 1 aromatic carbocycles. The SMILES string of the molecule is C[C@@H](C(=O)N1CCn2c(nnc2-c2ccccc2)C1)c1ncccc1F. The quantitative estimate of drug-likeness (QED) is 0.728. The van der Waals surface area contributed by atoms with E-state index in [1.54, 1.807) is 11.8 Å². The van der Waals surface area contributed by atoms with Crippen LogP contribution in [-0.2, 0) is 17.9 Å². The van der Waals surface area contributed by atoms with Gasteiger partial charge in [-0.25, -0.2) is 4.39 Å². The summed E-state index contributed by atoms with van der Waals surface area (Å²) >= 11 is 0. The highest BCUT2D eigenvalue weighted by molar-refractivity contribution is 5.83. The minimum absolute atomic E-state index is 0.155. The molecule has 3 heterocycles. The summed E-state index contributed by atoms with van der Waals surface area (Å²) in [5.41, 5.74) is 1.17. The van der Waals surface area contributed by atoms with Crippen LogP contribution in [0.1, 0.15) is 24.4 Å². The van der Waals surface area contributed by atoms with Gasteiger partial charge in [-0.1, -0.05) is 30.3 Å². The van der Waals surface area contributed by atoms with Gasteiger partial charge in [0.2, 0.25) is 5.91 Å². The van der Waals surface area contributed by atoms with Crippen LogP contribution in [-0.4, -0.2) is 37.1 Å². The van der Waals surface area contributed by atoms with E-state index in [9.17, 15) is 9.18 Å². The predicted octanol–water partition coefficient (Wildman–Crippen LogP) is 2.63. The number of amides is 1. The molecule has 7 heteroatoms. The summed E-state index contributed by atoms with van der Waals surface area (Å²) < 4.78 is 16.0. The number of rotatable bonds is 3. The molecule has 0 bridgehead atoms. The molecule has 132 valence electrons. The summed E-state index contributed by atoms with van der Waals surface area (Å²) in [4.78, 5) is 18.5. The fourth-order valence-corrected chi connectivity index (χ4v) is 3.25. The lowest BCUT2D eigenvalue weighted by molar-refractivity contribution is -0.134. The first-order valence-corrected chi connectivity index (χ1v) is 8.52. The second-order valence-electron chi connectivity index (χ2n) is 6.31. The number of carbonyl (C=O) groups excluding carboxylic acids is 1. The van der Waals surface area contributed by atoms with Gasteiger partial charge in [-0.3, -0.25) is 9.78 Å². The number of aromatic nitrogens is 4. The van der Waals surface area contributed by atoms with Crippen LogP contribution in [0, 0.1) is 5.82 Å². The van der Waals surface area contributed by atoms with E-state index >= 15 is 0 Å². The van der Waals surface area contributed by atoms with Gasteiger partial charge in [0.15, 0.2) is 11.6 Å². The Hall–Kier alpha value is -3.09. The van der Waals surface area contributed by atoms with Gasteiger partial charge < -0.3 is 9.47 Å². The van der Waals surface area contributed by atoms with Crippen molar-refractivity contribution < 1.29 is 9.18 Å². The molecule has 0 spiro atoms. The number of halogens is 1. The monoisotopic (exact) mass is 351 g/mol. The van der Waals surface area contributed by atoms with Gasteiger partial charge in [-0.15, -0.1) is 10.2 Å². The van der Waals surface area contributed by atoms with Gasteiger partial charge in [-0.2, -0.15) is 0 Å². The topological polar surface area (TPSA) is 63.9 Å². The number of hydrogen-bond acceptors (Lipinski definition) is 4. The maximum atomic E-state index is 13.9. The molecule has 0 saturated heterocycles. The molecule has 1 amide bonds. The van der Waals surface area contributed by atoms with Gasteiger partial charge in [-0.05, 0) is 19.1 Å². The van der Waals surface area contributed by atoms with Crippen molar-refractivity contribution in [1.82, 2.24) is 24.6 Å². The Morgan fingerprint density at radius 2 is 1.92 bits per heavy atom. The Kier molecular flexibility index (Phi) is 4.20. The molecule has 1 aliphatic heterocycles. The number of nitrogens with zero attached hydrogens (tertiary/aromatic N) is 5. The van der Waals surface area contributed by atoms with Crippen molar-refractivity contribution >= 4 is 5.91 Å². The van der Waals surface area contributed by atoms with Crippen molar-refractivity contribution in [3.63, 3.8) is 0 Å². The van der Waals surface area contributed by atoms with Crippen LogP contribution in [0.4, 0.5) is 4.39 Å². The van der Waals surface area contributed by atoms with Crippen molar-refractivity contribution in [2.24, 2.45) is 0 Å². The highest BCUT2D eigenvalue weighted by atomic mass is 19.1. The fraction of sp³-hybridized carbons (Fsp3) is 0.263. The van der Waals surface area contributed by atoms with Crippen LogP contribution in [0.5, 0.6) is 0 Å². The molecule has 0 saturated carbocycles. The predicted molar refractivity (Wildman–Crippen MR) is 93.5 cm³/mol. The lowest BCUT2D eigenvalue weighted by Gasteiger charge is -2.30. The van der Waals surface area contributed by atoms with Crippen molar-refractivity contribution in [3.8, 4) is 11.4 Å². The third-order valence-corrected chi connectivity index (χ3v) is 4.66. The van der Waals surface area contributed by atoms with E-state index in [0.29, 0.717) is 19.6 Å². The lowest BCUT2D eigenvalue weighted by Crippen LogP contribution is -2.40. The summed E-state index contributed by atoms with van der Waals surface area (Å²) in [7, 11) is 0. The fourth-order valence-electron chi connectivity index (χ4n) is 3.25. The molecule has 0 aliphatic carbocycles. The Morgan fingerprint density at radius 1 is 1.12 bits per heavy atom. The van der Waals surface area contributed by atoms with Crippen molar-refractivity contribution in [2.75, 3.05) is 6.54 Å². The normalized spacial score (nSPS) is 14.8. The highest BCUT2D eigenvalue weighted by Crippen LogP contribution is 2.24. The van der Waals surface area contributed by atoms with Gasteiger partial charge in [0, 0.05) is 24.8 Å². The molecule has 2 aromatic heterocycles. The molecule has 0 radical (unpaired) electrons. The number of pyridine rings is 1. The molecule has 1 atom stereocenters. The van der Waals surface area contributed by atoms with Gasteiger partial charge in [0.25, 0.3) is 0 Å². The van der Waals surface area contributed by atoms with Crippen LogP contribution >= 0.6 is 0 Å². The lowest BCUT2D eigenvalue weighted by atomic mass is 10.0. The standard InChI is InChI=1S/C19H18FN5O/c1-13(17-15(20)8-5-9-21-17)19(26)24-10-11-25-16(12-24)22-23-18(25)14-6-3-2-4-7-14/h2-9,13H,10-12H2,1H3/t13-/m1/s1. The van der Waals surface area contributed by atoms with Crippen LogP contribution in [0.2, 0.25) is 0 Å². The molecular weight excluding hydrogens is 333 g/mol. The maximum absolute atomic E-state index is 13.9. The summed E-state index contributed by atoms with van der Waals surface area (Å²) in [6.07, 6.45) is 1.50. The third-order valence-electron chi connectivity index (χ3n) is 4.66. The zero-order valence-electron chi connectivity index (χ0n) is 14.3. The molecule has 0 fully saturated rings. The molecule has 4 rings (SSSR count). The second-order valence-corrected chi connectivity index (χ2v) is 6.31. The van der Waals surface area contributed by atoms with Crippen molar-refractivity contribution in [3.05, 3.63) is 66.0 Å². The van der Waals surface area contributed by atoms with Crippen LogP contribution < -0.4 is 0 Å². The van der Waals surface area contributed by atoms with Gasteiger partial charge >= 0.3 is 0 Å². The molecule has 1 aliphatic rings. The van der Waals surface area contributed by atoms with Crippen LogP contribution in [0.25, 0.3) is 11.4 Å². The first-order valence-electron chi connectivity index (χ1n) is 8.52. The van der Waals surface area contributed by atoms with E-state index in [2.05, 4.69) is 15.2 Å². The average Bonchev–Trinajstić information content (AvgIpc) is 3.11. The Balaban J connectivity index is 1.55. The molecule has 6 nitrogen and oxygen atoms in total. The number of carbonyl (C=O) groups is 1. The molecule has 3 aromatic rings. The van der Waals surface area contributed by atoms with Crippen LogP contribution in [0.15, 0.2) is 48.7 Å². The summed E-state index contributed by atoms with van der Waals surface area (Å²) in [6, 6.07) is 12.7. The number of benzene rings is 1. The molecule has 0 N–H and O–H groups in total. The van der Waals surface area contributed by atoms with E-state index in [-0.39, 0.29) is 11.6 Å². The Labute approximate surface area is 150 Å². The first-order chi connectivity index (χ1) is 12.6. The minimum atomic E-state index is -0.640. The highest BCUT2D eigenvalue weighted by Gasteiger charge is 2.30. The average molecular weight is 351 g/mol. The zero-order valence-corrected chi connectivity index (χ0v) is 14.3. The van der Waals surface area contributed by atoms with Gasteiger partial charge in [0.05, 0.1) is 18.2 Å². The molecular formula is C19H18FN5O. The first kappa shape index (κ1) is 16.4. The number of hydrogen-bond donors (Lipinski definition) is 0. The summed E-state index contributed by atoms with van der Waals surface area (Å²) in [5, 5.41) is 8.53. The van der Waals surface area contributed by atoms with E-state index in [1.165, 1.54) is 18.3 Å². The third kappa shape index (κ3) is 2.85. The van der Waals surface area contributed by atoms with Gasteiger partial charge in [0.1, 0.15) is 5.82 Å². The molecule has 0 unspecified atom stereocenters. The zero-order chi connectivity index (χ0) is 18.1. The minimum Gasteiger partial charge on any atom is -0.333 e. The number of fused-ring (bicyclic) bond motifs is 1. The smallest absolute Gasteiger partial charge is 0.232 e. The van der Waals surface area contributed by atoms with E-state index in [1.807, 2.05) is 34.9 Å². The van der Waals surface area contributed by atoms with Crippen molar-refractivity contribution in [2.45, 2.75) is 25.9 Å². The largest absolute Gasteiger partial charge is 0.333 e. The van der Waals surface area contributed by atoms with E-state index < -0.39 is 11.7 Å². The van der Waals surface area contributed by atoms with Crippen LogP contribution in [0.3, 0.4) is 0 Å². The van der Waals surface area contributed by atoms with E-state index in [4.69, 9.17) is 0 Å². The molecule has 26 heavy (non-hydrogen) atoms. The van der Waals surface area contributed by atoms with E-state index in [0.717, 1.165) is 17.2 Å². The maximum Gasteiger partial charge on any atom is 0.232 e. The van der Waals surface area contributed by atoms with Crippen molar-refractivity contribution in [1.29, 1.82) is 0 Å². The summed E-state index contributed by atoms with van der Waals surface area (Å²) in [5.74, 6) is 0.283. The Bertz CT molecular complexity index is 940.